The van der Waals surface area contributed by atoms with Gasteiger partial charge in [-0.3, -0.25) is 4.79 Å². The Hall–Kier alpha value is -1.09. The third-order valence-electron chi connectivity index (χ3n) is 1.89. The van der Waals surface area contributed by atoms with Gasteiger partial charge in [-0.25, -0.2) is 0 Å². The van der Waals surface area contributed by atoms with E-state index in [1.54, 1.807) is 0 Å². The summed E-state index contributed by atoms with van der Waals surface area (Å²) in [6.45, 7) is 2.22. The van der Waals surface area contributed by atoms with Crippen LogP contribution in [0.5, 0.6) is 0 Å². The van der Waals surface area contributed by atoms with Crippen molar-refractivity contribution >= 4 is 27.9 Å². The second-order valence-corrected chi connectivity index (χ2v) is 4.05. The fourth-order valence-corrected chi connectivity index (χ4v) is 1.57. The average molecular weight is 268 g/mol. The Labute approximate surface area is 98.5 Å². The van der Waals surface area contributed by atoms with Crippen LogP contribution in [0.2, 0.25) is 0 Å². The molecule has 1 amide bonds. The number of hydrogen-bond donors (Lipinski definition) is 1. The maximum Gasteiger partial charge on any atom is 0.216 e. The van der Waals surface area contributed by atoms with Gasteiger partial charge in [0.1, 0.15) is 0 Å². The van der Waals surface area contributed by atoms with Crippen LogP contribution in [0.4, 0.5) is 0 Å². The Balaban J connectivity index is 2.38. The molecule has 0 unspecified atom stereocenters. The van der Waals surface area contributed by atoms with Gasteiger partial charge in [0.15, 0.2) is 0 Å². The summed E-state index contributed by atoms with van der Waals surface area (Å²) in [6.07, 6.45) is 4.95. The molecule has 0 aromatic heterocycles. The van der Waals surface area contributed by atoms with E-state index in [0.29, 0.717) is 6.54 Å². The monoisotopic (exact) mass is 267 g/mol. The molecule has 0 fully saturated rings. The Morgan fingerprint density at radius 2 is 2.20 bits per heavy atom. The lowest BCUT2D eigenvalue weighted by Gasteiger charge is -1.98. The number of carbonyl (C=O) groups excluding carboxylic acids is 1. The number of amides is 1. The molecule has 1 aromatic carbocycles. The van der Waals surface area contributed by atoms with Crippen molar-refractivity contribution in [1.29, 1.82) is 0 Å². The quantitative estimate of drug-likeness (QED) is 0.836. The Morgan fingerprint density at radius 3 is 2.87 bits per heavy atom. The number of benzene rings is 1. The predicted molar refractivity (Wildman–Crippen MR) is 66.5 cm³/mol. The first kappa shape index (κ1) is 12.0. The molecule has 0 heterocycles. The topological polar surface area (TPSA) is 29.1 Å². The molecule has 15 heavy (non-hydrogen) atoms. The number of rotatable bonds is 4. The van der Waals surface area contributed by atoms with Crippen molar-refractivity contribution < 1.29 is 4.79 Å². The molecule has 0 spiro atoms. The summed E-state index contributed by atoms with van der Waals surface area (Å²) in [5.41, 5.74) is 1.15. The molecule has 0 saturated heterocycles. The zero-order chi connectivity index (χ0) is 11.1. The van der Waals surface area contributed by atoms with Gasteiger partial charge in [0.25, 0.3) is 0 Å². The Kier molecular flexibility index (Phi) is 5.12. The zero-order valence-electron chi connectivity index (χ0n) is 8.66. The maximum absolute atomic E-state index is 10.6. The van der Waals surface area contributed by atoms with E-state index in [1.165, 1.54) is 6.92 Å². The summed E-state index contributed by atoms with van der Waals surface area (Å²) in [5.74, 6) is 0.0179. The van der Waals surface area contributed by atoms with Crippen LogP contribution in [0.1, 0.15) is 18.9 Å². The molecule has 1 N–H and O–H groups in total. The molecule has 0 saturated carbocycles. The summed E-state index contributed by atoms with van der Waals surface area (Å²) in [5, 5.41) is 2.74. The van der Waals surface area contributed by atoms with Crippen LogP contribution in [-0.2, 0) is 4.79 Å². The Bertz CT molecular complexity index is 360. The van der Waals surface area contributed by atoms with Crippen molar-refractivity contribution in [1.82, 2.24) is 5.32 Å². The number of halogens is 1. The standard InChI is InChI=1S/C12H14BrNO/c1-10(15)14-9-5-4-7-11-6-2-3-8-12(11)13/h2-4,6-8H,5,9H2,1H3,(H,14,15). The van der Waals surface area contributed by atoms with Crippen molar-refractivity contribution in [3.05, 3.63) is 40.4 Å². The lowest BCUT2D eigenvalue weighted by atomic mass is 10.2. The molecule has 0 radical (unpaired) electrons. The second kappa shape index (κ2) is 6.40. The third kappa shape index (κ3) is 4.79. The van der Waals surface area contributed by atoms with E-state index in [2.05, 4.69) is 27.3 Å². The molecule has 0 aliphatic rings. The van der Waals surface area contributed by atoms with Crippen LogP contribution in [0.15, 0.2) is 34.8 Å². The van der Waals surface area contributed by atoms with E-state index in [0.717, 1.165) is 16.5 Å². The first-order chi connectivity index (χ1) is 7.20. The Morgan fingerprint density at radius 1 is 1.47 bits per heavy atom. The highest BCUT2D eigenvalue weighted by atomic mass is 79.9. The molecule has 0 atom stereocenters. The minimum absolute atomic E-state index is 0.0179. The van der Waals surface area contributed by atoms with Gasteiger partial charge in [0.05, 0.1) is 0 Å². The zero-order valence-corrected chi connectivity index (χ0v) is 10.3. The van der Waals surface area contributed by atoms with Crippen LogP contribution in [0, 0.1) is 0 Å². The highest BCUT2D eigenvalue weighted by Gasteiger charge is 1.92. The second-order valence-electron chi connectivity index (χ2n) is 3.20. The molecule has 0 aliphatic heterocycles. The summed E-state index contributed by atoms with van der Waals surface area (Å²) in [6, 6.07) is 8.03. The van der Waals surface area contributed by atoms with E-state index >= 15 is 0 Å². The van der Waals surface area contributed by atoms with Gasteiger partial charge in [0, 0.05) is 17.9 Å². The van der Waals surface area contributed by atoms with Crippen molar-refractivity contribution in [2.24, 2.45) is 0 Å². The normalized spacial score (nSPS) is 10.5. The highest BCUT2D eigenvalue weighted by Crippen LogP contribution is 2.17. The van der Waals surface area contributed by atoms with E-state index < -0.39 is 0 Å². The van der Waals surface area contributed by atoms with Crippen LogP contribution < -0.4 is 5.32 Å². The predicted octanol–water partition coefficient (Wildman–Crippen LogP) is 2.99. The van der Waals surface area contributed by atoms with E-state index in [4.69, 9.17) is 0 Å². The SMILES string of the molecule is CC(=O)NCCC=Cc1ccccc1Br. The van der Waals surface area contributed by atoms with Gasteiger partial charge >= 0.3 is 0 Å². The number of hydrogen-bond acceptors (Lipinski definition) is 1. The van der Waals surface area contributed by atoms with Crippen molar-refractivity contribution in [3.63, 3.8) is 0 Å². The van der Waals surface area contributed by atoms with Crippen LogP contribution in [0.25, 0.3) is 6.08 Å². The van der Waals surface area contributed by atoms with Crippen LogP contribution in [0.3, 0.4) is 0 Å². The average Bonchev–Trinajstić information content (AvgIpc) is 2.20. The summed E-state index contributed by atoms with van der Waals surface area (Å²) >= 11 is 3.47. The van der Waals surface area contributed by atoms with Gasteiger partial charge in [-0.15, -0.1) is 0 Å². The van der Waals surface area contributed by atoms with E-state index in [-0.39, 0.29) is 5.91 Å². The van der Waals surface area contributed by atoms with Gasteiger partial charge in [-0.2, -0.15) is 0 Å². The molecule has 80 valence electrons. The lowest BCUT2D eigenvalue weighted by Crippen LogP contribution is -2.20. The van der Waals surface area contributed by atoms with E-state index in [9.17, 15) is 4.79 Å². The fraction of sp³-hybridized carbons (Fsp3) is 0.250. The molecule has 1 rings (SSSR count). The summed E-state index contributed by atoms with van der Waals surface area (Å²) < 4.78 is 1.08. The first-order valence-corrected chi connectivity index (χ1v) is 5.65. The van der Waals surface area contributed by atoms with Gasteiger partial charge in [-0.05, 0) is 18.1 Å². The molecule has 0 aliphatic carbocycles. The van der Waals surface area contributed by atoms with Crippen molar-refractivity contribution in [2.45, 2.75) is 13.3 Å². The number of carbonyl (C=O) groups is 1. The molecule has 3 heteroatoms. The summed E-state index contributed by atoms with van der Waals surface area (Å²) in [4.78, 5) is 10.6. The van der Waals surface area contributed by atoms with Gasteiger partial charge in [0.2, 0.25) is 5.91 Å². The molecule has 2 nitrogen and oxygen atoms in total. The third-order valence-corrected chi connectivity index (χ3v) is 2.61. The van der Waals surface area contributed by atoms with E-state index in [1.807, 2.05) is 30.3 Å². The fourth-order valence-electron chi connectivity index (χ4n) is 1.15. The number of nitrogens with one attached hydrogen (secondary N) is 1. The largest absolute Gasteiger partial charge is 0.356 e. The molecular formula is C12H14BrNO. The first-order valence-electron chi connectivity index (χ1n) is 4.85. The smallest absolute Gasteiger partial charge is 0.216 e. The van der Waals surface area contributed by atoms with Gasteiger partial charge in [-0.1, -0.05) is 46.3 Å². The minimum atomic E-state index is 0.0179. The summed E-state index contributed by atoms with van der Waals surface area (Å²) in [7, 11) is 0. The van der Waals surface area contributed by atoms with Crippen LogP contribution >= 0.6 is 15.9 Å². The minimum Gasteiger partial charge on any atom is -0.356 e. The van der Waals surface area contributed by atoms with Crippen molar-refractivity contribution in [3.8, 4) is 0 Å². The van der Waals surface area contributed by atoms with Gasteiger partial charge < -0.3 is 5.32 Å². The molecule has 0 bridgehead atoms. The van der Waals surface area contributed by atoms with Crippen molar-refractivity contribution in [2.75, 3.05) is 6.54 Å². The molecule has 1 aromatic rings. The lowest BCUT2D eigenvalue weighted by molar-refractivity contribution is -0.118. The highest BCUT2D eigenvalue weighted by molar-refractivity contribution is 9.10. The maximum atomic E-state index is 10.6. The molecular weight excluding hydrogens is 254 g/mol. The van der Waals surface area contributed by atoms with Crippen LogP contribution in [-0.4, -0.2) is 12.5 Å².